The van der Waals surface area contributed by atoms with Crippen molar-refractivity contribution in [1.82, 2.24) is 10.6 Å². The number of aliphatic imine (C=N–C) groups is 1. The van der Waals surface area contributed by atoms with Gasteiger partial charge in [0.15, 0.2) is 5.96 Å². The van der Waals surface area contributed by atoms with Crippen LogP contribution in [0.4, 0.5) is 8.78 Å². The molecule has 0 aromatic heterocycles. The number of ether oxygens (including phenoxy) is 2. The first-order chi connectivity index (χ1) is 11.2. The summed E-state index contributed by atoms with van der Waals surface area (Å²) in [5.74, 6) is 0.826. The van der Waals surface area contributed by atoms with Gasteiger partial charge in [0.1, 0.15) is 5.75 Å². The van der Waals surface area contributed by atoms with E-state index in [1.54, 1.807) is 12.1 Å². The molecule has 0 spiro atoms. The number of hydrogen-bond acceptors (Lipinski definition) is 3. The summed E-state index contributed by atoms with van der Waals surface area (Å²) >= 11 is 0. The molecule has 0 amide bonds. The highest BCUT2D eigenvalue weighted by atomic mass is 19.3. The van der Waals surface area contributed by atoms with Gasteiger partial charge in [-0.2, -0.15) is 8.78 Å². The Morgan fingerprint density at radius 1 is 1.26 bits per heavy atom. The molecule has 0 radical (unpaired) electrons. The molecule has 0 aliphatic carbocycles. The van der Waals surface area contributed by atoms with Gasteiger partial charge in [-0.05, 0) is 38.0 Å². The zero-order valence-corrected chi connectivity index (χ0v) is 13.6. The van der Waals surface area contributed by atoms with Crippen LogP contribution in [0.2, 0.25) is 0 Å². The molecule has 0 heterocycles. The predicted molar refractivity (Wildman–Crippen MR) is 87.0 cm³/mol. The highest BCUT2D eigenvalue weighted by Crippen LogP contribution is 2.16. The highest BCUT2D eigenvalue weighted by molar-refractivity contribution is 5.79. The predicted octanol–water partition coefficient (Wildman–Crippen LogP) is 2.77. The molecule has 0 aliphatic heterocycles. The van der Waals surface area contributed by atoms with Gasteiger partial charge < -0.3 is 20.1 Å². The Balaban J connectivity index is 2.52. The summed E-state index contributed by atoms with van der Waals surface area (Å²) in [4.78, 5) is 4.43. The van der Waals surface area contributed by atoms with Crippen molar-refractivity contribution in [2.45, 2.75) is 33.4 Å². The Labute approximate surface area is 136 Å². The van der Waals surface area contributed by atoms with Crippen molar-refractivity contribution < 1.29 is 18.3 Å². The second kappa shape index (κ2) is 11.6. The smallest absolute Gasteiger partial charge is 0.387 e. The summed E-state index contributed by atoms with van der Waals surface area (Å²) in [6.45, 7) is 4.41. The molecule has 0 bridgehead atoms. The minimum atomic E-state index is -2.82. The number of nitrogens with one attached hydrogen (secondary N) is 2. The molecule has 23 heavy (non-hydrogen) atoms. The molecule has 0 atom stereocenters. The maximum Gasteiger partial charge on any atom is 0.387 e. The number of halogens is 2. The second-order valence-electron chi connectivity index (χ2n) is 4.70. The van der Waals surface area contributed by atoms with Gasteiger partial charge in [0.25, 0.3) is 0 Å². The third-order valence-corrected chi connectivity index (χ3v) is 2.85. The third kappa shape index (κ3) is 8.97. The van der Waals surface area contributed by atoms with Crippen LogP contribution in [0.1, 0.15) is 25.8 Å². The molecule has 0 saturated heterocycles. The molecule has 1 rings (SSSR count). The van der Waals surface area contributed by atoms with Gasteiger partial charge in [0.05, 0.1) is 6.54 Å². The lowest BCUT2D eigenvalue weighted by atomic mass is 10.2. The molecule has 0 aliphatic rings. The molecule has 1 aromatic rings. The molecule has 5 nitrogen and oxygen atoms in total. The van der Waals surface area contributed by atoms with Crippen LogP contribution in [-0.2, 0) is 11.3 Å². The van der Waals surface area contributed by atoms with Crippen LogP contribution in [-0.4, -0.2) is 38.9 Å². The van der Waals surface area contributed by atoms with Gasteiger partial charge in [0, 0.05) is 26.3 Å². The fourth-order valence-corrected chi connectivity index (χ4v) is 1.86. The van der Waals surface area contributed by atoms with Crippen molar-refractivity contribution >= 4 is 5.96 Å². The Morgan fingerprint density at radius 3 is 2.78 bits per heavy atom. The minimum absolute atomic E-state index is 0.141. The molecule has 130 valence electrons. The number of benzene rings is 1. The Hall–Kier alpha value is -1.89. The van der Waals surface area contributed by atoms with E-state index in [0.29, 0.717) is 25.7 Å². The first-order valence-corrected chi connectivity index (χ1v) is 7.79. The zero-order chi connectivity index (χ0) is 16.9. The summed E-state index contributed by atoms with van der Waals surface area (Å²) in [7, 11) is 0. The van der Waals surface area contributed by atoms with E-state index < -0.39 is 6.61 Å². The zero-order valence-electron chi connectivity index (χ0n) is 13.6. The first kappa shape index (κ1) is 19.2. The number of guanidine groups is 1. The quantitative estimate of drug-likeness (QED) is 0.394. The molecule has 0 unspecified atom stereocenters. The lowest BCUT2D eigenvalue weighted by Gasteiger charge is -2.11. The number of rotatable bonds is 10. The number of alkyl halides is 2. The van der Waals surface area contributed by atoms with Crippen LogP contribution in [0.25, 0.3) is 0 Å². The van der Waals surface area contributed by atoms with Crippen LogP contribution in [0.15, 0.2) is 29.3 Å². The van der Waals surface area contributed by atoms with Gasteiger partial charge in [-0.25, -0.2) is 4.99 Å². The van der Waals surface area contributed by atoms with Crippen LogP contribution >= 0.6 is 0 Å². The molecule has 7 heteroatoms. The maximum absolute atomic E-state index is 12.2. The summed E-state index contributed by atoms with van der Waals surface area (Å²) < 4.78 is 34.1. The van der Waals surface area contributed by atoms with Gasteiger partial charge in [-0.3, -0.25) is 0 Å². The average Bonchev–Trinajstić information content (AvgIpc) is 2.52. The van der Waals surface area contributed by atoms with Crippen LogP contribution in [0, 0.1) is 0 Å². The molecule has 1 aromatic carbocycles. The largest absolute Gasteiger partial charge is 0.435 e. The van der Waals surface area contributed by atoms with Crippen molar-refractivity contribution in [1.29, 1.82) is 0 Å². The van der Waals surface area contributed by atoms with Crippen molar-refractivity contribution in [3.05, 3.63) is 29.8 Å². The van der Waals surface area contributed by atoms with E-state index in [1.165, 1.54) is 6.07 Å². The van der Waals surface area contributed by atoms with Gasteiger partial charge in [-0.15, -0.1) is 0 Å². The monoisotopic (exact) mass is 329 g/mol. The Morgan fingerprint density at radius 2 is 2.09 bits per heavy atom. The number of hydrogen-bond donors (Lipinski definition) is 2. The number of nitrogens with zero attached hydrogens (tertiary/aromatic N) is 1. The van der Waals surface area contributed by atoms with E-state index in [0.717, 1.165) is 25.1 Å². The standard InChI is InChI=1S/C16H25F2N3O2/c1-3-19-16(20-9-6-10-22-4-2)21-12-13-7-5-8-14(11-13)23-15(17)18/h5,7-8,11,15H,3-4,6,9-10,12H2,1-2H3,(H2,19,20,21). The SMILES string of the molecule is CCNC(=NCc1cccc(OC(F)F)c1)NCCCOCC. The highest BCUT2D eigenvalue weighted by Gasteiger charge is 2.04. The summed E-state index contributed by atoms with van der Waals surface area (Å²) in [5, 5.41) is 6.34. The summed E-state index contributed by atoms with van der Waals surface area (Å²) in [6.07, 6.45) is 0.885. The Bertz CT molecular complexity index is 470. The molecule has 0 fully saturated rings. The van der Waals surface area contributed by atoms with E-state index in [-0.39, 0.29) is 5.75 Å². The van der Waals surface area contributed by atoms with E-state index in [1.807, 2.05) is 19.9 Å². The van der Waals surface area contributed by atoms with E-state index in [2.05, 4.69) is 20.4 Å². The van der Waals surface area contributed by atoms with Crippen LogP contribution in [0.3, 0.4) is 0 Å². The van der Waals surface area contributed by atoms with E-state index in [4.69, 9.17) is 4.74 Å². The van der Waals surface area contributed by atoms with Crippen molar-refractivity contribution in [2.75, 3.05) is 26.3 Å². The fourth-order valence-electron chi connectivity index (χ4n) is 1.86. The van der Waals surface area contributed by atoms with Gasteiger partial charge >= 0.3 is 6.61 Å². The lowest BCUT2D eigenvalue weighted by Crippen LogP contribution is -2.38. The molecular weight excluding hydrogens is 304 g/mol. The third-order valence-electron chi connectivity index (χ3n) is 2.85. The van der Waals surface area contributed by atoms with Crippen LogP contribution in [0.5, 0.6) is 5.75 Å². The summed E-state index contributed by atoms with van der Waals surface area (Å²) in [6, 6.07) is 6.55. The van der Waals surface area contributed by atoms with Crippen molar-refractivity contribution in [3.63, 3.8) is 0 Å². The van der Waals surface area contributed by atoms with E-state index in [9.17, 15) is 8.78 Å². The average molecular weight is 329 g/mol. The molecule has 0 saturated carbocycles. The topological polar surface area (TPSA) is 54.9 Å². The van der Waals surface area contributed by atoms with E-state index >= 15 is 0 Å². The summed E-state index contributed by atoms with van der Waals surface area (Å²) in [5.41, 5.74) is 0.801. The fraction of sp³-hybridized carbons (Fsp3) is 0.562. The van der Waals surface area contributed by atoms with Gasteiger partial charge in [0.2, 0.25) is 0 Å². The lowest BCUT2D eigenvalue weighted by molar-refractivity contribution is -0.0498. The second-order valence-corrected chi connectivity index (χ2v) is 4.70. The normalized spacial score (nSPS) is 11.6. The minimum Gasteiger partial charge on any atom is -0.435 e. The first-order valence-electron chi connectivity index (χ1n) is 7.79. The Kier molecular flexibility index (Phi) is 9.70. The van der Waals surface area contributed by atoms with Crippen molar-refractivity contribution in [3.8, 4) is 5.75 Å². The van der Waals surface area contributed by atoms with Gasteiger partial charge in [-0.1, -0.05) is 12.1 Å². The molecular formula is C16H25F2N3O2. The maximum atomic E-state index is 12.2. The van der Waals surface area contributed by atoms with Crippen molar-refractivity contribution in [2.24, 2.45) is 4.99 Å². The van der Waals surface area contributed by atoms with Crippen LogP contribution < -0.4 is 15.4 Å². The molecule has 2 N–H and O–H groups in total.